The number of aromatic nitrogens is 2. The molecule has 0 spiro atoms. The van der Waals surface area contributed by atoms with Gasteiger partial charge >= 0.3 is 0 Å². The molecule has 3 atom stereocenters. The summed E-state index contributed by atoms with van der Waals surface area (Å²) in [5.74, 6) is 0.685. The van der Waals surface area contributed by atoms with E-state index in [1.165, 1.54) is 5.56 Å². The largest absolute Gasteiger partial charge is 0.379 e. The maximum Gasteiger partial charge on any atom is 0.228 e. The molecule has 174 valence electrons. The number of carbonyl (C=O) groups is 1. The van der Waals surface area contributed by atoms with Gasteiger partial charge in [-0.05, 0) is 63.2 Å². The molecule has 0 aromatic carbocycles. The van der Waals surface area contributed by atoms with Gasteiger partial charge in [-0.1, -0.05) is 13.0 Å². The lowest BCUT2D eigenvalue weighted by atomic mass is 9.61. The minimum atomic E-state index is -0.271. The van der Waals surface area contributed by atoms with Crippen molar-refractivity contribution < 1.29 is 9.53 Å². The number of rotatable bonds is 5. The van der Waals surface area contributed by atoms with Crippen molar-refractivity contribution >= 4 is 11.6 Å². The second-order valence-electron chi connectivity index (χ2n) is 9.97. The number of hydrogen-bond acceptors (Lipinski definition) is 5. The molecule has 2 aliphatic heterocycles. The van der Waals surface area contributed by atoms with Gasteiger partial charge in [0, 0.05) is 38.1 Å². The van der Waals surface area contributed by atoms with Crippen LogP contribution < -0.4 is 5.32 Å². The monoisotopic (exact) mass is 439 g/mol. The molecule has 0 radical (unpaired) electrons. The van der Waals surface area contributed by atoms with Crippen LogP contribution in [0.5, 0.6) is 0 Å². The van der Waals surface area contributed by atoms with Gasteiger partial charge in [0.2, 0.25) is 5.91 Å². The molecule has 4 heterocycles. The van der Waals surface area contributed by atoms with E-state index in [1.54, 1.807) is 0 Å². The average Bonchev–Trinajstić information content (AvgIpc) is 3.24. The van der Waals surface area contributed by atoms with E-state index >= 15 is 0 Å². The Balaban J connectivity index is 1.30. The van der Waals surface area contributed by atoms with Gasteiger partial charge in [-0.2, -0.15) is 0 Å². The molecule has 0 bridgehead atoms. The maximum absolute atomic E-state index is 13.7. The molecule has 1 amide bonds. The lowest BCUT2D eigenvalue weighted by Crippen LogP contribution is -2.60. The Morgan fingerprint density at radius 3 is 2.88 bits per heavy atom. The van der Waals surface area contributed by atoms with E-state index in [2.05, 4.69) is 41.2 Å². The maximum atomic E-state index is 13.7. The SMILES string of the molecule is CCN1CC[C@@H]2C[C@@H](N3CCOCC3)CC[C@@]2(C(=O)NCc2cn3cc(C)ccc3n2)C1. The van der Waals surface area contributed by atoms with Crippen molar-refractivity contribution in [2.75, 3.05) is 45.9 Å². The number of amides is 1. The molecule has 32 heavy (non-hydrogen) atoms. The van der Waals surface area contributed by atoms with Gasteiger partial charge in [0.1, 0.15) is 5.65 Å². The van der Waals surface area contributed by atoms with E-state index in [1.807, 2.05) is 16.7 Å². The smallest absolute Gasteiger partial charge is 0.228 e. The van der Waals surface area contributed by atoms with Gasteiger partial charge in [-0.15, -0.1) is 0 Å². The van der Waals surface area contributed by atoms with Crippen molar-refractivity contribution in [3.05, 3.63) is 35.8 Å². The highest BCUT2D eigenvalue weighted by Gasteiger charge is 2.52. The second-order valence-corrected chi connectivity index (χ2v) is 9.97. The number of piperidine rings is 1. The first kappa shape index (κ1) is 21.9. The van der Waals surface area contributed by atoms with Crippen molar-refractivity contribution in [3.63, 3.8) is 0 Å². The Hall–Kier alpha value is -1.96. The summed E-state index contributed by atoms with van der Waals surface area (Å²) in [5.41, 5.74) is 2.78. The first-order valence-electron chi connectivity index (χ1n) is 12.3. The molecular formula is C25H37N5O2. The number of pyridine rings is 1. The van der Waals surface area contributed by atoms with Crippen LogP contribution in [0.3, 0.4) is 0 Å². The fourth-order valence-electron chi connectivity index (χ4n) is 6.22. The van der Waals surface area contributed by atoms with Crippen molar-refractivity contribution in [3.8, 4) is 0 Å². The molecule has 2 aromatic heterocycles. The van der Waals surface area contributed by atoms with Crippen LogP contribution in [0.15, 0.2) is 24.5 Å². The number of nitrogens with zero attached hydrogens (tertiary/aromatic N) is 4. The predicted octanol–water partition coefficient (Wildman–Crippen LogP) is 2.47. The highest BCUT2D eigenvalue weighted by molar-refractivity contribution is 5.83. The van der Waals surface area contributed by atoms with E-state index in [0.29, 0.717) is 18.5 Å². The van der Waals surface area contributed by atoms with Crippen LogP contribution in [0.4, 0.5) is 0 Å². The van der Waals surface area contributed by atoms with Crippen molar-refractivity contribution in [1.29, 1.82) is 0 Å². The van der Waals surface area contributed by atoms with Crippen LogP contribution in [0.1, 0.15) is 43.9 Å². The Bertz CT molecular complexity index is 953. The fraction of sp³-hybridized carbons (Fsp3) is 0.680. The third-order valence-corrected chi connectivity index (χ3v) is 8.10. The lowest BCUT2D eigenvalue weighted by molar-refractivity contribution is -0.145. The van der Waals surface area contributed by atoms with Crippen molar-refractivity contribution in [1.82, 2.24) is 24.5 Å². The van der Waals surface area contributed by atoms with Gasteiger partial charge in [-0.3, -0.25) is 9.69 Å². The molecule has 7 nitrogen and oxygen atoms in total. The van der Waals surface area contributed by atoms with Crippen LogP contribution in [0, 0.1) is 18.3 Å². The van der Waals surface area contributed by atoms with E-state index in [9.17, 15) is 4.79 Å². The third kappa shape index (κ3) is 4.18. The molecule has 1 N–H and O–H groups in total. The van der Waals surface area contributed by atoms with Gasteiger partial charge in [0.15, 0.2) is 0 Å². The summed E-state index contributed by atoms with van der Waals surface area (Å²) in [6.07, 6.45) is 8.46. The summed E-state index contributed by atoms with van der Waals surface area (Å²) in [4.78, 5) is 23.5. The third-order valence-electron chi connectivity index (χ3n) is 8.10. The minimum Gasteiger partial charge on any atom is -0.379 e. The molecule has 3 fully saturated rings. The molecule has 0 unspecified atom stereocenters. The molecule has 2 saturated heterocycles. The molecular weight excluding hydrogens is 402 g/mol. The number of hydrogen-bond donors (Lipinski definition) is 1. The number of likely N-dealkylation sites (tertiary alicyclic amines) is 1. The van der Waals surface area contributed by atoms with Crippen LogP contribution in [-0.2, 0) is 16.1 Å². The standard InChI is InChI=1S/C25H37N5O2/c1-3-28-9-7-20-14-22(29-10-12-32-13-11-29)6-8-25(20,18-28)24(31)26-15-21-17-30-16-19(2)4-5-23(30)27-21/h4-5,16-17,20,22H,3,6-15,18H2,1-2H3,(H,26,31)/t20-,22+,25-/m1/s1. The minimum absolute atomic E-state index is 0.231. The Kier molecular flexibility index (Phi) is 6.23. The molecule has 5 rings (SSSR count). The van der Waals surface area contributed by atoms with Gasteiger partial charge in [0.05, 0.1) is 30.9 Å². The van der Waals surface area contributed by atoms with Crippen LogP contribution >= 0.6 is 0 Å². The van der Waals surface area contributed by atoms with Gasteiger partial charge in [0.25, 0.3) is 0 Å². The number of carbonyl (C=O) groups excluding carboxylic acids is 1. The molecule has 1 aliphatic carbocycles. The van der Waals surface area contributed by atoms with E-state index in [-0.39, 0.29) is 11.3 Å². The first-order valence-corrected chi connectivity index (χ1v) is 12.3. The van der Waals surface area contributed by atoms with Crippen LogP contribution in [0.25, 0.3) is 5.65 Å². The Morgan fingerprint density at radius 2 is 2.06 bits per heavy atom. The average molecular weight is 440 g/mol. The first-order chi connectivity index (χ1) is 15.6. The number of nitrogens with one attached hydrogen (secondary N) is 1. The summed E-state index contributed by atoms with van der Waals surface area (Å²) in [7, 11) is 0. The van der Waals surface area contributed by atoms with Crippen molar-refractivity contribution in [2.45, 2.75) is 52.1 Å². The zero-order chi connectivity index (χ0) is 22.1. The topological polar surface area (TPSA) is 62.1 Å². The highest BCUT2D eigenvalue weighted by atomic mass is 16.5. The van der Waals surface area contributed by atoms with E-state index in [4.69, 9.17) is 9.72 Å². The Labute approximate surface area is 191 Å². The quantitative estimate of drug-likeness (QED) is 0.776. The zero-order valence-electron chi connectivity index (χ0n) is 19.6. The molecule has 2 aromatic rings. The fourth-order valence-corrected chi connectivity index (χ4v) is 6.22. The number of ether oxygens (including phenoxy) is 1. The number of fused-ring (bicyclic) bond motifs is 2. The summed E-state index contributed by atoms with van der Waals surface area (Å²) in [6, 6.07) is 4.70. The number of morpholine rings is 1. The molecule has 1 saturated carbocycles. The summed E-state index contributed by atoms with van der Waals surface area (Å²) < 4.78 is 7.61. The zero-order valence-corrected chi connectivity index (χ0v) is 19.6. The summed E-state index contributed by atoms with van der Waals surface area (Å²) >= 11 is 0. The number of aryl methyl sites for hydroxylation is 1. The van der Waals surface area contributed by atoms with Crippen LogP contribution in [-0.4, -0.2) is 77.1 Å². The Morgan fingerprint density at radius 1 is 1.22 bits per heavy atom. The van der Waals surface area contributed by atoms with Gasteiger partial charge in [-0.25, -0.2) is 4.98 Å². The normalized spacial score (nSPS) is 29.7. The molecule has 7 heteroatoms. The summed E-state index contributed by atoms with van der Waals surface area (Å²) in [6.45, 7) is 11.5. The van der Waals surface area contributed by atoms with Crippen molar-refractivity contribution in [2.24, 2.45) is 11.3 Å². The summed E-state index contributed by atoms with van der Waals surface area (Å²) in [5, 5.41) is 3.30. The lowest BCUT2D eigenvalue weighted by Gasteiger charge is -2.53. The number of imidazole rings is 1. The second kappa shape index (κ2) is 9.12. The predicted molar refractivity (Wildman–Crippen MR) is 124 cm³/mol. The van der Waals surface area contributed by atoms with E-state index in [0.717, 1.165) is 83.0 Å². The van der Waals surface area contributed by atoms with Gasteiger partial charge < -0.3 is 19.4 Å². The highest BCUT2D eigenvalue weighted by Crippen LogP contribution is 2.47. The molecule has 3 aliphatic rings. The van der Waals surface area contributed by atoms with E-state index < -0.39 is 0 Å². The van der Waals surface area contributed by atoms with Crippen LogP contribution in [0.2, 0.25) is 0 Å².